The Bertz CT molecular complexity index is 794. The van der Waals surface area contributed by atoms with Gasteiger partial charge in [-0.05, 0) is 18.2 Å². The number of nitrogens with zero attached hydrogens (tertiary/aromatic N) is 1. The molecule has 3 aromatic rings. The second-order valence-electron chi connectivity index (χ2n) is 3.95. The molecule has 6 nitrogen and oxygen atoms in total. The summed E-state index contributed by atoms with van der Waals surface area (Å²) in [6.07, 6.45) is 1.61. The summed E-state index contributed by atoms with van der Waals surface area (Å²) >= 11 is 0. The molecule has 0 aliphatic rings. The van der Waals surface area contributed by atoms with E-state index in [0.29, 0.717) is 11.4 Å². The van der Waals surface area contributed by atoms with Crippen molar-refractivity contribution in [3.63, 3.8) is 0 Å². The third-order valence-electron chi connectivity index (χ3n) is 2.78. The lowest BCUT2D eigenvalue weighted by molar-refractivity contribution is 0.100. The molecule has 0 saturated carbocycles. The van der Waals surface area contributed by atoms with Gasteiger partial charge in [0.05, 0.1) is 0 Å². The van der Waals surface area contributed by atoms with Crippen LogP contribution in [0.5, 0.6) is 0 Å². The molecule has 0 atom stereocenters. The predicted octanol–water partition coefficient (Wildman–Crippen LogP) is 0.746. The lowest BCUT2D eigenvalue weighted by atomic mass is 10.1. The quantitative estimate of drug-likeness (QED) is 0.618. The molecule has 0 spiro atoms. The van der Waals surface area contributed by atoms with Gasteiger partial charge in [-0.3, -0.25) is 14.7 Å². The molecule has 4 N–H and O–H groups in total. The van der Waals surface area contributed by atoms with Gasteiger partial charge in [0.25, 0.3) is 5.56 Å². The number of carbonyl (C=O) groups excluding carboxylic acids is 1. The largest absolute Gasteiger partial charge is 0.366 e. The van der Waals surface area contributed by atoms with Crippen LogP contribution in [-0.2, 0) is 0 Å². The first-order chi connectivity index (χ1) is 8.65. The standard InChI is InChI=1S/C12H10N4O2/c13-12(18)7-2-1-3-9-8(7)6-10(14-9)16-5-4-11(17)15-16/h1-6,14H,(H2,13,18)(H,15,17). The van der Waals surface area contributed by atoms with Crippen LogP contribution in [0, 0.1) is 0 Å². The molecule has 0 fully saturated rings. The summed E-state index contributed by atoms with van der Waals surface area (Å²) < 4.78 is 1.55. The van der Waals surface area contributed by atoms with Crippen molar-refractivity contribution < 1.29 is 4.79 Å². The van der Waals surface area contributed by atoms with E-state index in [1.165, 1.54) is 6.07 Å². The number of carbonyl (C=O) groups is 1. The van der Waals surface area contributed by atoms with Gasteiger partial charge in [-0.15, -0.1) is 0 Å². The van der Waals surface area contributed by atoms with E-state index in [1.54, 1.807) is 29.1 Å². The van der Waals surface area contributed by atoms with Crippen molar-refractivity contribution in [3.05, 3.63) is 52.4 Å². The number of H-pyrrole nitrogens is 2. The van der Waals surface area contributed by atoms with E-state index >= 15 is 0 Å². The summed E-state index contributed by atoms with van der Waals surface area (Å²) in [7, 11) is 0. The molecule has 0 radical (unpaired) electrons. The summed E-state index contributed by atoms with van der Waals surface area (Å²) in [4.78, 5) is 25.5. The Labute approximate surface area is 101 Å². The van der Waals surface area contributed by atoms with Crippen molar-refractivity contribution in [1.29, 1.82) is 0 Å². The van der Waals surface area contributed by atoms with Gasteiger partial charge in [0.2, 0.25) is 5.91 Å². The van der Waals surface area contributed by atoms with Crippen LogP contribution in [0.25, 0.3) is 16.7 Å². The normalized spacial score (nSPS) is 10.9. The molecule has 0 bridgehead atoms. The summed E-state index contributed by atoms with van der Waals surface area (Å²) in [5.41, 5.74) is 6.36. The Morgan fingerprint density at radius 1 is 1.28 bits per heavy atom. The fourth-order valence-corrected chi connectivity index (χ4v) is 1.96. The first-order valence-corrected chi connectivity index (χ1v) is 5.35. The minimum Gasteiger partial charge on any atom is -0.366 e. The Kier molecular flexibility index (Phi) is 2.09. The van der Waals surface area contributed by atoms with Gasteiger partial charge in [-0.25, -0.2) is 4.68 Å². The SMILES string of the molecule is NC(=O)c1cccc2[nH]c(-n3ccc(=O)[nH]3)cc12. The molecule has 1 aromatic carbocycles. The number of nitrogens with two attached hydrogens (primary N) is 1. The number of primary amides is 1. The van der Waals surface area contributed by atoms with Crippen molar-refractivity contribution >= 4 is 16.8 Å². The zero-order chi connectivity index (χ0) is 12.7. The van der Waals surface area contributed by atoms with E-state index in [0.717, 1.165) is 10.9 Å². The van der Waals surface area contributed by atoms with Crippen LogP contribution in [0.1, 0.15) is 10.4 Å². The molecule has 0 saturated heterocycles. The van der Waals surface area contributed by atoms with E-state index in [2.05, 4.69) is 10.1 Å². The number of amides is 1. The first kappa shape index (κ1) is 10.4. The highest BCUT2D eigenvalue weighted by molar-refractivity contribution is 6.06. The second kappa shape index (κ2) is 3.63. The van der Waals surface area contributed by atoms with Crippen LogP contribution in [-0.4, -0.2) is 20.7 Å². The molecular weight excluding hydrogens is 232 g/mol. The summed E-state index contributed by atoms with van der Waals surface area (Å²) in [6.45, 7) is 0. The molecule has 0 aliphatic carbocycles. The number of fused-ring (bicyclic) bond motifs is 1. The Morgan fingerprint density at radius 3 is 2.78 bits per heavy atom. The van der Waals surface area contributed by atoms with Gasteiger partial charge in [-0.2, -0.15) is 0 Å². The van der Waals surface area contributed by atoms with E-state index in [-0.39, 0.29) is 5.56 Å². The predicted molar refractivity (Wildman–Crippen MR) is 66.8 cm³/mol. The van der Waals surface area contributed by atoms with Gasteiger partial charge in [0.1, 0.15) is 5.82 Å². The van der Waals surface area contributed by atoms with Crippen LogP contribution >= 0.6 is 0 Å². The fraction of sp³-hybridized carbons (Fsp3) is 0. The maximum absolute atomic E-state index is 11.3. The molecule has 0 unspecified atom stereocenters. The van der Waals surface area contributed by atoms with E-state index in [9.17, 15) is 9.59 Å². The van der Waals surface area contributed by atoms with Gasteiger partial charge in [0, 0.05) is 28.7 Å². The van der Waals surface area contributed by atoms with Crippen molar-refractivity contribution in [2.45, 2.75) is 0 Å². The lowest BCUT2D eigenvalue weighted by Crippen LogP contribution is -2.10. The summed E-state index contributed by atoms with van der Waals surface area (Å²) in [5, 5.41) is 3.35. The number of benzene rings is 1. The third kappa shape index (κ3) is 1.51. The van der Waals surface area contributed by atoms with Crippen LogP contribution in [0.4, 0.5) is 0 Å². The van der Waals surface area contributed by atoms with Gasteiger partial charge in [0.15, 0.2) is 0 Å². The molecular formula is C12H10N4O2. The molecule has 90 valence electrons. The third-order valence-corrected chi connectivity index (χ3v) is 2.78. The van der Waals surface area contributed by atoms with Crippen LogP contribution in [0.2, 0.25) is 0 Å². The zero-order valence-electron chi connectivity index (χ0n) is 9.31. The van der Waals surface area contributed by atoms with Crippen LogP contribution < -0.4 is 11.3 Å². The Balaban J connectivity index is 2.25. The molecule has 6 heteroatoms. The number of rotatable bonds is 2. The average Bonchev–Trinajstić information content (AvgIpc) is 2.93. The number of hydrogen-bond acceptors (Lipinski definition) is 2. The highest BCUT2D eigenvalue weighted by Gasteiger charge is 2.10. The first-order valence-electron chi connectivity index (χ1n) is 5.35. The number of nitrogens with one attached hydrogen (secondary N) is 2. The van der Waals surface area contributed by atoms with Crippen LogP contribution in [0.15, 0.2) is 41.3 Å². The number of aromatic amines is 2. The highest BCUT2D eigenvalue weighted by Crippen LogP contribution is 2.21. The lowest BCUT2D eigenvalue weighted by Gasteiger charge is -1.95. The molecule has 1 amide bonds. The minimum atomic E-state index is -0.479. The molecule has 18 heavy (non-hydrogen) atoms. The topological polar surface area (TPSA) is 96.7 Å². The zero-order valence-corrected chi connectivity index (χ0v) is 9.31. The van der Waals surface area contributed by atoms with Crippen molar-refractivity contribution in [2.75, 3.05) is 0 Å². The summed E-state index contributed by atoms with van der Waals surface area (Å²) in [5.74, 6) is 0.188. The van der Waals surface area contributed by atoms with Crippen LogP contribution in [0.3, 0.4) is 0 Å². The maximum atomic E-state index is 11.3. The highest BCUT2D eigenvalue weighted by atomic mass is 16.1. The number of aromatic nitrogens is 3. The fourth-order valence-electron chi connectivity index (χ4n) is 1.96. The van der Waals surface area contributed by atoms with Gasteiger partial charge >= 0.3 is 0 Å². The monoisotopic (exact) mass is 242 g/mol. The number of hydrogen-bond donors (Lipinski definition) is 3. The molecule has 2 aromatic heterocycles. The molecule has 2 heterocycles. The smallest absolute Gasteiger partial charge is 0.264 e. The van der Waals surface area contributed by atoms with Crippen molar-refractivity contribution in [1.82, 2.24) is 14.8 Å². The second-order valence-corrected chi connectivity index (χ2v) is 3.95. The van der Waals surface area contributed by atoms with E-state index in [4.69, 9.17) is 5.73 Å². The molecule has 3 rings (SSSR count). The Morgan fingerprint density at radius 2 is 2.11 bits per heavy atom. The van der Waals surface area contributed by atoms with E-state index in [1.807, 2.05) is 6.07 Å². The summed E-state index contributed by atoms with van der Waals surface area (Å²) in [6, 6.07) is 8.44. The maximum Gasteiger partial charge on any atom is 0.264 e. The Hall–Kier alpha value is -2.76. The van der Waals surface area contributed by atoms with Gasteiger partial charge in [-0.1, -0.05) is 6.07 Å². The van der Waals surface area contributed by atoms with E-state index < -0.39 is 5.91 Å². The van der Waals surface area contributed by atoms with Crippen molar-refractivity contribution in [3.8, 4) is 5.82 Å². The minimum absolute atomic E-state index is 0.191. The molecule has 0 aliphatic heterocycles. The van der Waals surface area contributed by atoms with Gasteiger partial charge < -0.3 is 10.7 Å². The van der Waals surface area contributed by atoms with Crippen molar-refractivity contribution in [2.24, 2.45) is 5.73 Å². The average molecular weight is 242 g/mol.